The molecule has 2 saturated heterocycles. The molecule has 5 rings (SSSR count). The molecule has 3 heterocycles. The van der Waals surface area contributed by atoms with Crippen LogP contribution in [0.2, 0.25) is 0 Å². The summed E-state index contributed by atoms with van der Waals surface area (Å²) < 4.78 is 39.2. The van der Waals surface area contributed by atoms with Gasteiger partial charge in [0.05, 0.1) is 11.5 Å². The average Bonchev–Trinajstić information content (AvgIpc) is 2.83. The van der Waals surface area contributed by atoms with E-state index in [-0.39, 0.29) is 17.9 Å². The molecule has 0 saturated carbocycles. The number of hydrogen-bond acceptors (Lipinski definition) is 3. The van der Waals surface area contributed by atoms with Crippen molar-refractivity contribution >= 4 is 17.3 Å². The SMILES string of the molecule is O=C([C@H]1Cc2ccccc2N2CCCC[C@@H]12)N1CCN(c2cccc(C(F)(F)F)c2)CC1. The van der Waals surface area contributed by atoms with E-state index in [9.17, 15) is 18.0 Å². The van der Waals surface area contributed by atoms with Crippen LogP contribution in [0.25, 0.3) is 0 Å². The second kappa shape index (κ2) is 8.34. The van der Waals surface area contributed by atoms with Crippen molar-refractivity contribution in [3.05, 3.63) is 59.7 Å². The van der Waals surface area contributed by atoms with Crippen LogP contribution in [0, 0.1) is 5.92 Å². The molecule has 7 heteroatoms. The Balaban J connectivity index is 1.29. The number of hydrogen-bond donors (Lipinski definition) is 0. The number of anilines is 2. The molecule has 0 aromatic heterocycles. The summed E-state index contributed by atoms with van der Waals surface area (Å²) in [7, 11) is 0. The van der Waals surface area contributed by atoms with Gasteiger partial charge in [-0.25, -0.2) is 0 Å². The van der Waals surface area contributed by atoms with E-state index in [1.165, 1.54) is 23.4 Å². The fraction of sp³-hybridized carbons (Fsp3) is 0.480. The Morgan fingerprint density at radius 2 is 1.69 bits per heavy atom. The van der Waals surface area contributed by atoms with Crippen LogP contribution in [-0.4, -0.2) is 49.6 Å². The third kappa shape index (κ3) is 3.93. The molecule has 2 atom stereocenters. The lowest BCUT2D eigenvalue weighted by atomic mass is 9.80. The number of piperazine rings is 1. The topological polar surface area (TPSA) is 26.8 Å². The Morgan fingerprint density at radius 1 is 0.906 bits per heavy atom. The second-order valence-corrected chi connectivity index (χ2v) is 9.06. The Kier molecular flexibility index (Phi) is 5.51. The van der Waals surface area contributed by atoms with Crippen LogP contribution in [0.1, 0.15) is 30.4 Å². The van der Waals surface area contributed by atoms with E-state index < -0.39 is 11.7 Å². The molecule has 170 valence electrons. The molecule has 3 aliphatic heterocycles. The van der Waals surface area contributed by atoms with E-state index in [4.69, 9.17) is 0 Å². The molecule has 3 aliphatic rings. The Hall–Kier alpha value is -2.70. The summed E-state index contributed by atoms with van der Waals surface area (Å²) in [5, 5.41) is 0. The number of halogens is 3. The van der Waals surface area contributed by atoms with E-state index in [2.05, 4.69) is 23.1 Å². The molecular weight excluding hydrogens is 415 g/mol. The number of carbonyl (C=O) groups excluding carboxylic acids is 1. The fourth-order valence-electron chi connectivity index (χ4n) is 5.56. The van der Waals surface area contributed by atoms with Crippen LogP contribution in [-0.2, 0) is 17.4 Å². The molecule has 0 unspecified atom stereocenters. The zero-order valence-electron chi connectivity index (χ0n) is 18.0. The Bertz CT molecular complexity index is 984. The number of benzene rings is 2. The molecule has 32 heavy (non-hydrogen) atoms. The number of para-hydroxylation sites is 1. The number of nitrogens with zero attached hydrogens (tertiary/aromatic N) is 3. The third-order valence-electron chi connectivity index (χ3n) is 7.20. The lowest BCUT2D eigenvalue weighted by Gasteiger charge is -2.47. The summed E-state index contributed by atoms with van der Waals surface area (Å²) in [5.74, 6) is 0.144. The summed E-state index contributed by atoms with van der Waals surface area (Å²) in [6.45, 7) is 3.17. The lowest BCUT2D eigenvalue weighted by Crippen LogP contribution is -2.57. The lowest BCUT2D eigenvalue weighted by molar-refractivity contribution is -0.137. The maximum Gasteiger partial charge on any atom is 0.416 e. The molecule has 0 aliphatic carbocycles. The van der Waals surface area contributed by atoms with E-state index in [1.807, 2.05) is 15.9 Å². The first-order chi connectivity index (χ1) is 15.4. The number of amides is 1. The van der Waals surface area contributed by atoms with Crippen molar-refractivity contribution in [1.82, 2.24) is 4.90 Å². The number of fused-ring (bicyclic) bond motifs is 3. The van der Waals surface area contributed by atoms with Gasteiger partial charge in [-0.05, 0) is 55.5 Å². The minimum absolute atomic E-state index is 0.0506. The van der Waals surface area contributed by atoms with Crippen LogP contribution in [0.5, 0.6) is 0 Å². The standard InChI is InChI=1S/C25H28F3N3O/c26-25(27,28)19-7-5-8-20(17-19)29-12-14-30(15-13-29)24(32)21-16-18-6-1-2-9-22(18)31-11-4-3-10-23(21)31/h1-2,5-9,17,21,23H,3-4,10-16H2/t21-,23-/m0/s1. The van der Waals surface area contributed by atoms with Crippen molar-refractivity contribution < 1.29 is 18.0 Å². The minimum Gasteiger partial charge on any atom is -0.368 e. The third-order valence-corrected chi connectivity index (χ3v) is 7.20. The molecule has 0 bridgehead atoms. The first-order valence-electron chi connectivity index (χ1n) is 11.5. The van der Waals surface area contributed by atoms with Gasteiger partial charge in [0.15, 0.2) is 0 Å². The predicted molar refractivity (Wildman–Crippen MR) is 119 cm³/mol. The highest BCUT2D eigenvalue weighted by Crippen LogP contribution is 2.39. The molecular formula is C25H28F3N3O. The van der Waals surface area contributed by atoms with Gasteiger partial charge < -0.3 is 14.7 Å². The highest BCUT2D eigenvalue weighted by Gasteiger charge is 2.41. The monoisotopic (exact) mass is 443 g/mol. The fourth-order valence-corrected chi connectivity index (χ4v) is 5.56. The highest BCUT2D eigenvalue weighted by molar-refractivity contribution is 5.82. The van der Waals surface area contributed by atoms with Gasteiger partial charge in [-0.2, -0.15) is 13.2 Å². The second-order valence-electron chi connectivity index (χ2n) is 9.06. The van der Waals surface area contributed by atoms with Crippen molar-refractivity contribution in [3.63, 3.8) is 0 Å². The summed E-state index contributed by atoms with van der Waals surface area (Å²) in [4.78, 5) is 19.9. The van der Waals surface area contributed by atoms with Crippen LogP contribution >= 0.6 is 0 Å². The van der Waals surface area contributed by atoms with E-state index in [0.29, 0.717) is 31.9 Å². The van der Waals surface area contributed by atoms with Crippen LogP contribution in [0.15, 0.2) is 48.5 Å². The molecule has 2 aromatic carbocycles. The smallest absolute Gasteiger partial charge is 0.368 e. The van der Waals surface area contributed by atoms with Gasteiger partial charge in [0.2, 0.25) is 5.91 Å². The molecule has 0 radical (unpaired) electrons. The highest BCUT2D eigenvalue weighted by atomic mass is 19.4. The Labute approximate surface area is 186 Å². The van der Waals surface area contributed by atoms with Gasteiger partial charge in [0.25, 0.3) is 0 Å². The van der Waals surface area contributed by atoms with Crippen molar-refractivity contribution in [2.45, 2.75) is 37.9 Å². The molecule has 2 fully saturated rings. The maximum absolute atomic E-state index is 13.6. The largest absolute Gasteiger partial charge is 0.416 e. The summed E-state index contributed by atoms with van der Waals surface area (Å²) in [6.07, 6.45) is -0.242. The number of alkyl halides is 3. The zero-order valence-corrected chi connectivity index (χ0v) is 18.0. The number of rotatable bonds is 2. The van der Waals surface area contributed by atoms with Crippen LogP contribution in [0.4, 0.5) is 24.5 Å². The van der Waals surface area contributed by atoms with Crippen molar-refractivity contribution in [2.24, 2.45) is 5.92 Å². The Morgan fingerprint density at radius 3 is 2.47 bits per heavy atom. The van der Waals surface area contributed by atoms with E-state index in [1.54, 1.807) is 6.07 Å². The van der Waals surface area contributed by atoms with Crippen molar-refractivity contribution in [3.8, 4) is 0 Å². The number of carbonyl (C=O) groups is 1. The molecule has 1 amide bonds. The summed E-state index contributed by atoms with van der Waals surface area (Å²) >= 11 is 0. The minimum atomic E-state index is -4.35. The van der Waals surface area contributed by atoms with E-state index >= 15 is 0 Å². The van der Waals surface area contributed by atoms with E-state index in [0.717, 1.165) is 38.3 Å². The van der Waals surface area contributed by atoms with Crippen molar-refractivity contribution in [1.29, 1.82) is 0 Å². The van der Waals surface area contributed by atoms with Gasteiger partial charge in [-0.3, -0.25) is 4.79 Å². The van der Waals surface area contributed by atoms with Gasteiger partial charge in [-0.15, -0.1) is 0 Å². The first-order valence-corrected chi connectivity index (χ1v) is 11.5. The zero-order chi connectivity index (χ0) is 22.3. The average molecular weight is 444 g/mol. The van der Waals surface area contributed by atoms with Gasteiger partial charge in [0.1, 0.15) is 0 Å². The number of piperidine rings is 1. The molecule has 2 aromatic rings. The maximum atomic E-state index is 13.6. The predicted octanol–water partition coefficient (Wildman–Crippen LogP) is 4.59. The summed E-state index contributed by atoms with van der Waals surface area (Å²) in [6, 6.07) is 14.1. The van der Waals surface area contributed by atoms with Gasteiger partial charge in [-0.1, -0.05) is 24.3 Å². The van der Waals surface area contributed by atoms with Gasteiger partial charge >= 0.3 is 6.18 Å². The van der Waals surface area contributed by atoms with Crippen LogP contribution in [0.3, 0.4) is 0 Å². The van der Waals surface area contributed by atoms with Crippen molar-refractivity contribution in [2.75, 3.05) is 42.5 Å². The normalized spacial score (nSPS) is 23.5. The quantitative estimate of drug-likeness (QED) is 0.680. The van der Waals surface area contributed by atoms with Crippen LogP contribution < -0.4 is 9.80 Å². The van der Waals surface area contributed by atoms with Gasteiger partial charge in [0, 0.05) is 50.1 Å². The molecule has 0 spiro atoms. The molecule has 4 nitrogen and oxygen atoms in total. The molecule has 0 N–H and O–H groups in total. The first kappa shape index (κ1) is 21.2. The summed E-state index contributed by atoms with van der Waals surface area (Å²) in [5.41, 5.74) is 2.45.